The van der Waals surface area contributed by atoms with E-state index in [0.29, 0.717) is 0 Å². The Hall–Kier alpha value is -1.06. The summed E-state index contributed by atoms with van der Waals surface area (Å²) < 4.78 is 0. The summed E-state index contributed by atoms with van der Waals surface area (Å²) in [7, 11) is 0. The van der Waals surface area contributed by atoms with Gasteiger partial charge in [-0.25, -0.2) is 0 Å². The Bertz CT molecular complexity index is 172. The minimum absolute atomic E-state index is 0. The molecule has 4 heteroatoms. The molecule has 0 aromatic rings. The minimum Gasteiger partial charge on any atom is -0.481 e. The monoisotopic (exact) mass is 190 g/mol. The predicted octanol–water partition coefficient (Wildman–Crippen LogP) is 1.99. The molecular formula is C9H18O4. The molecule has 1 aliphatic rings. The number of rotatable bonds is 1. The Kier molecular flexibility index (Phi) is 5.93. The van der Waals surface area contributed by atoms with Crippen molar-refractivity contribution in [3.8, 4) is 0 Å². The fourth-order valence-corrected chi connectivity index (χ4v) is 1.35. The maximum absolute atomic E-state index is 10.4. The van der Waals surface area contributed by atoms with Crippen LogP contribution in [0.5, 0.6) is 0 Å². The molecule has 0 spiro atoms. The molecule has 0 aromatic carbocycles. The Labute approximate surface area is 79.1 Å². The van der Waals surface area contributed by atoms with Crippen molar-refractivity contribution in [1.29, 1.82) is 0 Å². The van der Waals surface area contributed by atoms with Gasteiger partial charge in [-0.2, -0.15) is 0 Å². The van der Waals surface area contributed by atoms with Gasteiger partial charge in [0.25, 0.3) is 5.97 Å². The third-order valence-corrected chi connectivity index (χ3v) is 1.95. The van der Waals surface area contributed by atoms with Crippen molar-refractivity contribution in [3.63, 3.8) is 0 Å². The van der Waals surface area contributed by atoms with E-state index >= 15 is 0 Å². The molecule has 0 saturated heterocycles. The first-order valence-corrected chi connectivity index (χ1v) is 4.46. The van der Waals surface area contributed by atoms with Crippen molar-refractivity contribution in [2.75, 3.05) is 0 Å². The van der Waals surface area contributed by atoms with Crippen LogP contribution in [0.25, 0.3) is 0 Å². The molecule has 4 nitrogen and oxygen atoms in total. The average molecular weight is 190 g/mol. The maximum Gasteiger partial charge on any atom is 0.306 e. The number of hydrogen-bond donors (Lipinski definition) is 2. The van der Waals surface area contributed by atoms with Crippen LogP contribution in [0.2, 0.25) is 0 Å². The highest BCUT2D eigenvalue weighted by Gasteiger charge is 2.19. The molecule has 0 heterocycles. The van der Waals surface area contributed by atoms with Gasteiger partial charge in [-0.1, -0.05) is 19.3 Å². The van der Waals surface area contributed by atoms with Gasteiger partial charge in [0.05, 0.1) is 5.92 Å². The number of carbonyl (C=O) groups is 2. The van der Waals surface area contributed by atoms with Crippen LogP contribution in [0.1, 0.15) is 40.5 Å². The van der Waals surface area contributed by atoms with E-state index in [9.17, 15) is 4.79 Å². The molecule has 0 aliphatic heterocycles. The van der Waals surface area contributed by atoms with Crippen molar-refractivity contribution < 1.29 is 21.2 Å². The van der Waals surface area contributed by atoms with Crippen LogP contribution in [0.4, 0.5) is 0 Å². The van der Waals surface area contributed by atoms with Crippen LogP contribution in [0, 0.1) is 5.92 Å². The SMILES string of the molecule is CC(=O)O.O=C(O)C1CCCCC1.[HH]. The lowest BCUT2D eigenvalue weighted by atomic mass is 9.90. The quantitative estimate of drug-likeness (QED) is 0.663. The first-order chi connectivity index (χ1) is 6.04. The molecule has 78 valence electrons. The predicted molar refractivity (Wildman–Crippen MR) is 49.6 cm³/mol. The van der Waals surface area contributed by atoms with Crippen molar-refractivity contribution in [2.45, 2.75) is 39.0 Å². The van der Waals surface area contributed by atoms with E-state index in [-0.39, 0.29) is 7.34 Å². The van der Waals surface area contributed by atoms with Crippen LogP contribution in [0.15, 0.2) is 0 Å². The lowest BCUT2D eigenvalue weighted by Gasteiger charge is -2.16. The summed E-state index contributed by atoms with van der Waals surface area (Å²) in [5, 5.41) is 16.0. The summed E-state index contributed by atoms with van der Waals surface area (Å²) >= 11 is 0. The molecule has 1 fully saturated rings. The summed E-state index contributed by atoms with van der Waals surface area (Å²) in [6.45, 7) is 1.08. The second-order valence-electron chi connectivity index (χ2n) is 3.19. The second kappa shape index (κ2) is 6.46. The fourth-order valence-electron chi connectivity index (χ4n) is 1.35. The maximum atomic E-state index is 10.4. The molecule has 1 rings (SSSR count). The van der Waals surface area contributed by atoms with E-state index in [0.717, 1.165) is 32.6 Å². The molecule has 0 bridgehead atoms. The number of carboxylic acid groups (broad SMARTS) is 2. The number of hydrogen-bond acceptors (Lipinski definition) is 2. The van der Waals surface area contributed by atoms with E-state index in [1.807, 2.05) is 0 Å². The second-order valence-corrected chi connectivity index (χ2v) is 3.19. The van der Waals surface area contributed by atoms with Gasteiger partial charge in [-0.05, 0) is 12.8 Å². The van der Waals surface area contributed by atoms with E-state index in [4.69, 9.17) is 15.0 Å². The zero-order valence-corrected chi connectivity index (χ0v) is 7.82. The smallest absolute Gasteiger partial charge is 0.306 e. The lowest BCUT2D eigenvalue weighted by Crippen LogP contribution is -2.16. The van der Waals surface area contributed by atoms with Crippen LogP contribution in [-0.4, -0.2) is 22.2 Å². The Morgan fingerprint density at radius 2 is 1.54 bits per heavy atom. The first kappa shape index (κ1) is 11.9. The van der Waals surface area contributed by atoms with Gasteiger partial charge >= 0.3 is 5.97 Å². The van der Waals surface area contributed by atoms with Gasteiger partial charge in [0.1, 0.15) is 0 Å². The van der Waals surface area contributed by atoms with Gasteiger partial charge in [0.15, 0.2) is 0 Å². The summed E-state index contributed by atoms with van der Waals surface area (Å²) in [5.74, 6) is -1.46. The van der Waals surface area contributed by atoms with Gasteiger partial charge in [0, 0.05) is 8.35 Å². The summed E-state index contributed by atoms with van der Waals surface area (Å²) in [5.41, 5.74) is 0. The number of aliphatic carboxylic acids is 2. The summed E-state index contributed by atoms with van der Waals surface area (Å²) in [4.78, 5) is 19.4. The third-order valence-electron chi connectivity index (χ3n) is 1.95. The van der Waals surface area contributed by atoms with Gasteiger partial charge in [0.2, 0.25) is 0 Å². The van der Waals surface area contributed by atoms with Gasteiger partial charge in [-0.15, -0.1) is 0 Å². The highest BCUT2D eigenvalue weighted by Crippen LogP contribution is 2.23. The summed E-state index contributed by atoms with van der Waals surface area (Å²) in [6, 6.07) is 0. The molecule has 1 saturated carbocycles. The molecule has 0 radical (unpaired) electrons. The van der Waals surface area contributed by atoms with Crippen LogP contribution in [0.3, 0.4) is 0 Å². The van der Waals surface area contributed by atoms with Gasteiger partial charge < -0.3 is 10.2 Å². The van der Waals surface area contributed by atoms with Crippen molar-refractivity contribution in [1.82, 2.24) is 0 Å². The molecule has 2 N–H and O–H groups in total. The zero-order valence-electron chi connectivity index (χ0n) is 7.82. The molecule has 0 atom stereocenters. The van der Waals surface area contributed by atoms with Crippen molar-refractivity contribution in [3.05, 3.63) is 0 Å². The molecule has 13 heavy (non-hydrogen) atoms. The average Bonchev–Trinajstić information content (AvgIpc) is 2.05. The Morgan fingerprint density at radius 1 is 1.15 bits per heavy atom. The molecule has 0 aromatic heterocycles. The van der Waals surface area contributed by atoms with E-state index in [2.05, 4.69) is 0 Å². The van der Waals surface area contributed by atoms with E-state index in [1.165, 1.54) is 6.42 Å². The topological polar surface area (TPSA) is 74.6 Å². The molecule has 0 amide bonds. The van der Waals surface area contributed by atoms with E-state index < -0.39 is 11.9 Å². The van der Waals surface area contributed by atoms with E-state index in [1.54, 1.807) is 0 Å². The van der Waals surface area contributed by atoms with Gasteiger partial charge in [-0.3, -0.25) is 9.59 Å². The molecule has 0 unspecified atom stereocenters. The lowest BCUT2D eigenvalue weighted by molar-refractivity contribution is -0.142. The third kappa shape index (κ3) is 7.31. The Morgan fingerprint density at radius 3 is 1.77 bits per heavy atom. The highest BCUT2D eigenvalue weighted by molar-refractivity contribution is 5.69. The van der Waals surface area contributed by atoms with Crippen LogP contribution >= 0.6 is 0 Å². The van der Waals surface area contributed by atoms with Crippen molar-refractivity contribution in [2.24, 2.45) is 5.92 Å². The minimum atomic E-state index is -0.833. The standard InChI is InChI=1S/C7H12O2.C2H4O2.H2/c8-7(9)6-4-2-1-3-5-6;1-2(3)4;/h6H,1-5H2,(H,8,9);1H3,(H,3,4);1H. The summed E-state index contributed by atoms with van der Waals surface area (Å²) in [6.07, 6.45) is 5.24. The molecule has 1 aliphatic carbocycles. The fraction of sp³-hybridized carbons (Fsp3) is 0.778. The Balaban J connectivity index is 0. The molecular weight excluding hydrogens is 172 g/mol. The first-order valence-electron chi connectivity index (χ1n) is 4.46. The van der Waals surface area contributed by atoms with Crippen LogP contribution in [-0.2, 0) is 9.59 Å². The number of carboxylic acids is 2. The normalized spacial score (nSPS) is 17.0. The largest absolute Gasteiger partial charge is 0.481 e. The van der Waals surface area contributed by atoms with Crippen LogP contribution < -0.4 is 0 Å². The highest BCUT2D eigenvalue weighted by atomic mass is 16.4. The zero-order chi connectivity index (χ0) is 10.3. The van der Waals surface area contributed by atoms with Crippen molar-refractivity contribution >= 4 is 11.9 Å².